The number of carbonyl (C=O) groups is 1. The van der Waals surface area contributed by atoms with Crippen molar-refractivity contribution in [1.29, 1.82) is 5.26 Å². The van der Waals surface area contributed by atoms with E-state index in [1.165, 1.54) is 0 Å². The number of hydrogen-bond acceptors (Lipinski definition) is 3. The van der Waals surface area contributed by atoms with Gasteiger partial charge in [0, 0.05) is 6.42 Å². The van der Waals surface area contributed by atoms with Crippen LogP contribution in [0.5, 0.6) is 5.75 Å². The molecule has 2 rings (SSSR count). The SMILES string of the molecule is COc1ccccc1NC(=O)CCc1ccc(C#N)cc1. The first kappa shape index (κ1) is 14.6. The minimum atomic E-state index is -0.0659. The summed E-state index contributed by atoms with van der Waals surface area (Å²) in [6.07, 6.45) is 1.01. The number of nitrogens with one attached hydrogen (secondary N) is 1. The van der Waals surface area contributed by atoms with Gasteiger partial charge >= 0.3 is 0 Å². The summed E-state index contributed by atoms with van der Waals surface area (Å²) >= 11 is 0. The standard InChI is InChI=1S/C17H16N2O2/c1-21-16-5-3-2-4-15(16)19-17(20)11-10-13-6-8-14(12-18)9-7-13/h2-9H,10-11H2,1H3,(H,19,20). The van der Waals surface area contributed by atoms with E-state index in [1.807, 2.05) is 24.3 Å². The molecule has 1 N–H and O–H groups in total. The van der Waals surface area contributed by atoms with Crippen molar-refractivity contribution in [1.82, 2.24) is 0 Å². The molecule has 106 valence electrons. The van der Waals surface area contributed by atoms with E-state index >= 15 is 0 Å². The third kappa shape index (κ3) is 4.08. The minimum absolute atomic E-state index is 0.0659. The molecule has 0 aromatic heterocycles. The lowest BCUT2D eigenvalue weighted by molar-refractivity contribution is -0.116. The molecule has 21 heavy (non-hydrogen) atoms. The molecule has 4 heteroatoms. The maximum absolute atomic E-state index is 12.0. The highest BCUT2D eigenvalue weighted by Gasteiger charge is 2.07. The number of nitrogens with zero attached hydrogens (tertiary/aromatic N) is 1. The molecule has 0 aliphatic carbocycles. The number of rotatable bonds is 5. The van der Waals surface area contributed by atoms with E-state index in [1.54, 1.807) is 31.4 Å². The zero-order valence-electron chi connectivity index (χ0n) is 11.8. The summed E-state index contributed by atoms with van der Waals surface area (Å²) in [7, 11) is 1.57. The van der Waals surface area contributed by atoms with Crippen LogP contribution in [0, 0.1) is 11.3 Å². The largest absolute Gasteiger partial charge is 0.495 e. The second-order valence-electron chi connectivity index (χ2n) is 4.56. The molecule has 0 unspecified atom stereocenters. The first-order valence-electron chi connectivity index (χ1n) is 6.65. The normalized spacial score (nSPS) is 9.71. The van der Waals surface area contributed by atoms with E-state index in [-0.39, 0.29) is 5.91 Å². The van der Waals surface area contributed by atoms with Crippen molar-refractivity contribution in [2.75, 3.05) is 12.4 Å². The molecule has 0 atom stereocenters. The maximum atomic E-state index is 12.0. The summed E-state index contributed by atoms with van der Waals surface area (Å²) < 4.78 is 5.19. The summed E-state index contributed by atoms with van der Waals surface area (Å²) in [5.74, 6) is 0.577. The number of nitriles is 1. The number of carbonyl (C=O) groups excluding carboxylic acids is 1. The molecule has 2 aromatic carbocycles. The van der Waals surface area contributed by atoms with Crippen LogP contribution in [0.4, 0.5) is 5.69 Å². The van der Waals surface area contributed by atoms with Gasteiger partial charge in [0.1, 0.15) is 5.75 Å². The van der Waals surface area contributed by atoms with E-state index in [4.69, 9.17) is 10.00 Å². The van der Waals surface area contributed by atoms with Crippen LogP contribution in [0.2, 0.25) is 0 Å². The lowest BCUT2D eigenvalue weighted by Gasteiger charge is -2.09. The lowest BCUT2D eigenvalue weighted by atomic mass is 10.1. The van der Waals surface area contributed by atoms with Gasteiger partial charge in [0.25, 0.3) is 0 Å². The van der Waals surface area contributed by atoms with Crippen molar-refractivity contribution in [2.45, 2.75) is 12.8 Å². The second-order valence-corrected chi connectivity index (χ2v) is 4.56. The van der Waals surface area contributed by atoms with Crippen LogP contribution in [-0.4, -0.2) is 13.0 Å². The van der Waals surface area contributed by atoms with Crippen molar-refractivity contribution in [3.8, 4) is 11.8 Å². The summed E-state index contributed by atoms with van der Waals surface area (Å²) in [4.78, 5) is 12.0. The molecule has 0 aliphatic heterocycles. The minimum Gasteiger partial charge on any atom is -0.495 e. The summed E-state index contributed by atoms with van der Waals surface area (Å²) in [5.41, 5.74) is 2.33. The molecule has 0 aliphatic rings. The van der Waals surface area contributed by atoms with Gasteiger partial charge in [-0.25, -0.2) is 0 Å². The van der Waals surface area contributed by atoms with E-state index in [0.717, 1.165) is 5.56 Å². The fourth-order valence-corrected chi connectivity index (χ4v) is 1.96. The quantitative estimate of drug-likeness (QED) is 0.915. The molecule has 0 saturated heterocycles. The molecule has 0 heterocycles. The zero-order chi connectivity index (χ0) is 15.1. The second kappa shape index (κ2) is 7.11. The van der Waals surface area contributed by atoms with Crippen LogP contribution in [0.1, 0.15) is 17.5 Å². The van der Waals surface area contributed by atoms with Gasteiger partial charge in [0.15, 0.2) is 0 Å². The Morgan fingerprint density at radius 2 is 1.90 bits per heavy atom. The number of methoxy groups -OCH3 is 1. The Balaban J connectivity index is 1.91. The molecule has 0 bridgehead atoms. The van der Waals surface area contributed by atoms with Gasteiger partial charge in [-0.05, 0) is 36.2 Å². The van der Waals surface area contributed by atoms with Crippen molar-refractivity contribution in [3.05, 3.63) is 59.7 Å². The third-order valence-corrected chi connectivity index (χ3v) is 3.10. The number of amides is 1. The highest BCUT2D eigenvalue weighted by Crippen LogP contribution is 2.23. The Hall–Kier alpha value is -2.80. The van der Waals surface area contributed by atoms with Gasteiger partial charge in [-0.3, -0.25) is 4.79 Å². The Morgan fingerprint density at radius 1 is 1.19 bits per heavy atom. The number of aryl methyl sites for hydroxylation is 1. The number of hydrogen-bond donors (Lipinski definition) is 1. The summed E-state index contributed by atoms with van der Waals surface area (Å²) in [5, 5.41) is 11.6. The molecule has 0 radical (unpaired) electrons. The first-order chi connectivity index (χ1) is 10.2. The average molecular weight is 280 g/mol. The van der Waals surface area contributed by atoms with Gasteiger partial charge in [-0.1, -0.05) is 24.3 Å². The maximum Gasteiger partial charge on any atom is 0.224 e. The van der Waals surface area contributed by atoms with Crippen LogP contribution < -0.4 is 10.1 Å². The van der Waals surface area contributed by atoms with Gasteiger partial charge in [0.05, 0.1) is 24.4 Å². The molecule has 0 saturated carbocycles. The summed E-state index contributed by atoms with van der Waals surface area (Å²) in [6.45, 7) is 0. The third-order valence-electron chi connectivity index (χ3n) is 3.10. The topological polar surface area (TPSA) is 62.1 Å². The highest BCUT2D eigenvalue weighted by atomic mass is 16.5. The number of ether oxygens (including phenoxy) is 1. The van der Waals surface area contributed by atoms with E-state index in [9.17, 15) is 4.79 Å². The smallest absolute Gasteiger partial charge is 0.224 e. The van der Waals surface area contributed by atoms with E-state index in [2.05, 4.69) is 11.4 Å². The van der Waals surface area contributed by atoms with Crippen molar-refractivity contribution in [2.24, 2.45) is 0 Å². The fraction of sp³-hybridized carbons (Fsp3) is 0.176. The number of benzene rings is 2. The molecule has 0 spiro atoms. The molecular weight excluding hydrogens is 264 g/mol. The predicted octanol–water partition coefficient (Wildman–Crippen LogP) is 3.14. The molecule has 4 nitrogen and oxygen atoms in total. The molecule has 1 amide bonds. The Labute approximate surface area is 124 Å². The van der Waals surface area contributed by atoms with Crippen molar-refractivity contribution in [3.63, 3.8) is 0 Å². The lowest BCUT2D eigenvalue weighted by Crippen LogP contribution is -2.13. The van der Waals surface area contributed by atoms with E-state index in [0.29, 0.717) is 29.8 Å². The van der Waals surface area contributed by atoms with Gasteiger partial charge in [-0.15, -0.1) is 0 Å². The van der Waals surface area contributed by atoms with Crippen LogP contribution in [0.3, 0.4) is 0 Å². The molecular formula is C17H16N2O2. The Kier molecular flexibility index (Phi) is 4.94. The Bertz CT molecular complexity index is 657. The van der Waals surface area contributed by atoms with Gasteiger partial charge in [-0.2, -0.15) is 5.26 Å². The van der Waals surface area contributed by atoms with Crippen LogP contribution >= 0.6 is 0 Å². The van der Waals surface area contributed by atoms with Crippen molar-refractivity contribution >= 4 is 11.6 Å². The van der Waals surface area contributed by atoms with Crippen LogP contribution in [0.25, 0.3) is 0 Å². The zero-order valence-corrected chi connectivity index (χ0v) is 11.8. The predicted molar refractivity (Wildman–Crippen MR) is 81.1 cm³/mol. The highest BCUT2D eigenvalue weighted by molar-refractivity contribution is 5.92. The van der Waals surface area contributed by atoms with Crippen LogP contribution in [0.15, 0.2) is 48.5 Å². The number of para-hydroxylation sites is 2. The monoisotopic (exact) mass is 280 g/mol. The van der Waals surface area contributed by atoms with Gasteiger partial charge in [0.2, 0.25) is 5.91 Å². The van der Waals surface area contributed by atoms with E-state index < -0.39 is 0 Å². The fourth-order valence-electron chi connectivity index (χ4n) is 1.96. The average Bonchev–Trinajstić information content (AvgIpc) is 2.54. The molecule has 0 fully saturated rings. The van der Waals surface area contributed by atoms with Gasteiger partial charge < -0.3 is 10.1 Å². The Morgan fingerprint density at radius 3 is 2.57 bits per heavy atom. The number of anilines is 1. The summed E-state index contributed by atoms with van der Waals surface area (Å²) in [6, 6.07) is 16.6. The van der Waals surface area contributed by atoms with Crippen LogP contribution in [-0.2, 0) is 11.2 Å². The molecule has 2 aromatic rings. The van der Waals surface area contributed by atoms with Crippen molar-refractivity contribution < 1.29 is 9.53 Å². The first-order valence-corrected chi connectivity index (χ1v) is 6.65.